The van der Waals surface area contributed by atoms with E-state index in [0.717, 1.165) is 55.2 Å². The van der Waals surface area contributed by atoms with Crippen LogP contribution in [0.3, 0.4) is 0 Å². The summed E-state index contributed by atoms with van der Waals surface area (Å²) in [7, 11) is 0. The predicted molar refractivity (Wildman–Crippen MR) is 406 cm³/mol. The molecule has 1 aliphatic carbocycles. The van der Waals surface area contributed by atoms with Crippen molar-refractivity contribution in [3.63, 3.8) is 0 Å². The third-order valence-corrected chi connectivity index (χ3v) is 19.3. The highest BCUT2D eigenvalue weighted by molar-refractivity contribution is 6.11. The molecule has 1 atom stereocenters. The monoisotopic (exact) mass is 1260 g/mol. The summed E-state index contributed by atoms with van der Waals surface area (Å²) < 4.78 is 255. The van der Waals surface area contributed by atoms with Crippen LogP contribution in [0.15, 0.2) is 291 Å². The van der Waals surface area contributed by atoms with Crippen LogP contribution in [-0.2, 0) is 22.7 Å². The molecule has 0 bridgehead atoms. The molecule has 0 saturated heterocycles. The Kier molecular flexibility index (Phi) is 8.75. The largest absolute Gasteiger partial charge is 0.309 e. The van der Waals surface area contributed by atoms with Crippen LogP contribution in [0.5, 0.6) is 0 Å². The van der Waals surface area contributed by atoms with Gasteiger partial charge in [0.25, 0.3) is 0 Å². The topological polar surface area (TPSA) is 11.4 Å². The second-order valence-electron chi connectivity index (χ2n) is 28.1. The van der Waals surface area contributed by atoms with Crippen molar-refractivity contribution < 1.29 is 35.6 Å². The van der Waals surface area contributed by atoms with Gasteiger partial charge in [-0.2, -0.15) is 0 Å². The molecule has 1 aromatic heterocycles. The molecule has 3 aliphatic rings. The van der Waals surface area contributed by atoms with Gasteiger partial charge in [-0.3, -0.25) is 0 Å². The van der Waals surface area contributed by atoms with Gasteiger partial charge in [0.1, 0.15) is 0 Å². The minimum atomic E-state index is -1.16. The van der Waals surface area contributed by atoms with Gasteiger partial charge in [0.2, 0.25) is 0 Å². The quantitative estimate of drug-likeness (QED) is 0.150. The van der Waals surface area contributed by atoms with Crippen LogP contribution >= 0.6 is 0 Å². The van der Waals surface area contributed by atoms with Gasteiger partial charge in [0, 0.05) is 56.1 Å². The Labute approximate surface area is 602 Å². The first-order valence-electron chi connectivity index (χ1n) is 45.2. The van der Waals surface area contributed by atoms with Crippen LogP contribution in [0.25, 0.3) is 72.0 Å². The zero-order chi connectivity index (χ0) is 88.0. The highest BCUT2D eigenvalue weighted by atomic mass is 15.2. The minimum Gasteiger partial charge on any atom is -0.309 e. The van der Waals surface area contributed by atoms with Gasteiger partial charge in [-0.25, -0.2) is 0 Å². The van der Waals surface area contributed by atoms with Gasteiger partial charge >= 0.3 is 0 Å². The lowest BCUT2D eigenvalue weighted by Gasteiger charge is -2.47. The van der Waals surface area contributed by atoms with Crippen LogP contribution in [0.1, 0.15) is 171 Å². The molecule has 3 heteroatoms. The molecule has 13 aromatic carbocycles. The Balaban J connectivity index is 1.15. The van der Waals surface area contributed by atoms with Crippen LogP contribution in [0.4, 0.5) is 34.1 Å². The fraction of sp³-hybridized carbons (Fsp3) is 0.161. The molecule has 0 saturated carbocycles. The number of para-hydroxylation sites is 2. The molecule has 14 aromatic rings. The van der Waals surface area contributed by atoms with Crippen molar-refractivity contribution in [2.24, 2.45) is 0 Å². The molecule has 0 fully saturated rings. The second kappa shape index (κ2) is 22.5. The normalized spacial score (nSPS) is 18.1. The average Bonchev–Trinajstić information content (AvgIpc) is 0.700. The third-order valence-electron chi connectivity index (χ3n) is 19.3. The standard InChI is InChI=1S/C93H79N3/c1-91(2,3)66-45-50-80-78(54-66)79-55-67(92(4,5)6)46-51-81(79)94(80)69-47-49-77-83(58-69)96(90-74(61-32-18-12-19-33-61)42-27-43-75(90)62-34-20-13-21-35-62)85-57-68(93(7,8)9)56-84-88(85)87(77)76-48-44-65(86-70-38-24-22-36-63(70)52-64-37-23-25-39-71(64)86)53-82(76)95(84)89-72(59-28-14-10-15-29-59)40-26-41-73(89)60-30-16-11-17-31-60/h10-51,53-58,86-87H,52H2,1-9H3/i10D,11D,12D,13D,14D,15D,16D,17D,18D,19D,20D,21D,26D,27D,28D,29D,30D,31D,32D,33D,34D,35D,40D,41D,42D,43D. The van der Waals surface area contributed by atoms with E-state index in [-0.39, 0.29) is 39.1 Å². The summed E-state index contributed by atoms with van der Waals surface area (Å²) in [6.07, 6.45) is 0.554. The summed E-state index contributed by atoms with van der Waals surface area (Å²) in [6.45, 7) is 18.4. The van der Waals surface area contributed by atoms with Crippen molar-refractivity contribution >= 4 is 55.9 Å². The van der Waals surface area contributed by atoms with Crippen molar-refractivity contribution in [3.05, 3.63) is 352 Å². The molecule has 96 heavy (non-hydrogen) atoms. The summed E-state index contributed by atoms with van der Waals surface area (Å²) in [6, 6.07) is 20.3. The fourth-order valence-corrected chi connectivity index (χ4v) is 14.6. The predicted octanol–water partition coefficient (Wildman–Crippen LogP) is 25.2. The van der Waals surface area contributed by atoms with Gasteiger partial charge < -0.3 is 14.4 Å². The van der Waals surface area contributed by atoms with Crippen LogP contribution in [-0.4, -0.2) is 4.57 Å². The number of anilines is 6. The summed E-state index contributed by atoms with van der Waals surface area (Å²) in [5, 5.41) is 1.76. The van der Waals surface area contributed by atoms with Crippen LogP contribution in [0.2, 0.25) is 0 Å². The molecular formula is C93H79N3. The van der Waals surface area contributed by atoms with Crippen molar-refractivity contribution in [3.8, 4) is 50.2 Å². The highest BCUT2D eigenvalue weighted by Crippen LogP contribution is 2.65. The van der Waals surface area contributed by atoms with Gasteiger partial charge in [-0.1, -0.05) is 298 Å². The minimum absolute atomic E-state index is 0.0329. The first-order valence-corrected chi connectivity index (χ1v) is 32.2. The molecule has 2 aliphatic heterocycles. The number of fused-ring (bicyclic) bond motifs is 9. The van der Waals surface area contributed by atoms with Gasteiger partial charge in [-0.15, -0.1) is 0 Å². The van der Waals surface area contributed by atoms with Crippen molar-refractivity contribution in [1.29, 1.82) is 0 Å². The number of aromatic nitrogens is 1. The number of rotatable bonds is 8. The van der Waals surface area contributed by atoms with E-state index in [2.05, 4.69) is 70.4 Å². The zero-order valence-corrected chi connectivity index (χ0v) is 54.4. The summed E-state index contributed by atoms with van der Waals surface area (Å²) >= 11 is 0. The summed E-state index contributed by atoms with van der Waals surface area (Å²) in [5.74, 6) is -1.75. The molecule has 17 rings (SSSR count). The number of hydrogen-bond acceptors (Lipinski definition) is 2. The van der Waals surface area contributed by atoms with Gasteiger partial charge in [0.15, 0.2) is 0 Å². The maximum atomic E-state index is 10.5. The van der Waals surface area contributed by atoms with E-state index in [0.29, 0.717) is 34.4 Å². The van der Waals surface area contributed by atoms with Gasteiger partial charge in [0.05, 0.1) is 80.8 Å². The Bertz CT molecular complexity index is 6620. The average molecular weight is 1260 g/mol. The smallest absolute Gasteiger partial charge is 0.0630 e. The molecule has 0 amide bonds. The third kappa shape index (κ3) is 9.68. The molecule has 0 radical (unpaired) electrons. The van der Waals surface area contributed by atoms with Crippen LogP contribution in [0, 0.1) is 0 Å². The lowest BCUT2D eigenvalue weighted by Crippen LogP contribution is -2.31. The van der Waals surface area contributed by atoms with E-state index in [1.807, 2.05) is 118 Å². The maximum absolute atomic E-state index is 10.5. The molecule has 0 spiro atoms. The summed E-state index contributed by atoms with van der Waals surface area (Å²) in [5.41, 5.74) is 2.14. The lowest BCUT2D eigenvalue weighted by molar-refractivity contribution is 0.589. The Morgan fingerprint density at radius 2 is 0.729 bits per heavy atom. The SMILES string of the molecule is [2H]c1c([2H])c([2H])c(-c2c([2H])c([2H])c([2H])c(-c3c([2H])c([2H])c([2H])c([2H])c3[2H])c2N2c3cc(C4c5ccccc5Cc5ccccc54)ccc3C3c4ccc(-n5c6ccc(C(C)(C)C)cc6c6cc(C(C)(C)C)ccc65)cc4N(c4c(-c5c([2H])c([2H])c([2H])c([2H])c5[2H])c([2H])c([2H])c([2H])c4-c4c([2H])c([2H])c([2H])c([2H])c4[2H])c4cc(C(C)(C)C)cc2c43)c([2H])c1[2H]. The van der Waals surface area contributed by atoms with Gasteiger partial charge in [-0.05, 0) is 155 Å². The van der Waals surface area contributed by atoms with Crippen molar-refractivity contribution in [2.75, 3.05) is 9.80 Å². The molecule has 466 valence electrons. The molecule has 3 heterocycles. The Morgan fingerprint density at radius 1 is 0.333 bits per heavy atom. The van der Waals surface area contributed by atoms with E-state index in [4.69, 9.17) is 5.48 Å². The van der Waals surface area contributed by atoms with E-state index >= 15 is 0 Å². The van der Waals surface area contributed by atoms with E-state index < -0.39 is 230 Å². The molecule has 0 N–H and O–H groups in total. The summed E-state index contributed by atoms with van der Waals surface area (Å²) in [4.78, 5) is 3.14. The molecule has 1 unspecified atom stereocenters. The number of benzene rings is 13. The van der Waals surface area contributed by atoms with E-state index in [9.17, 15) is 30.2 Å². The number of nitrogens with zero attached hydrogens (tertiary/aromatic N) is 3. The first kappa shape index (κ1) is 37.4. The van der Waals surface area contributed by atoms with E-state index in [1.165, 1.54) is 0 Å². The second-order valence-corrected chi connectivity index (χ2v) is 28.1. The molecule has 3 nitrogen and oxygen atoms in total. The van der Waals surface area contributed by atoms with Crippen molar-refractivity contribution in [1.82, 2.24) is 4.57 Å². The Morgan fingerprint density at radius 3 is 1.15 bits per heavy atom. The lowest BCUT2D eigenvalue weighted by atomic mass is 9.71. The zero-order valence-electron chi connectivity index (χ0n) is 80.4. The van der Waals surface area contributed by atoms with Crippen LogP contribution < -0.4 is 9.80 Å². The first-order chi connectivity index (χ1) is 57.3. The Hall–Kier alpha value is -10.7. The number of hydrogen-bond donors (Lipinski definition) is 0. The van der Waals surface area contributed by atoms with E-state index in [1.54, 1.807) is 21.9 Å². The fourth-order valence-electron chi connectivity index (χ4n) is 14.6. The van der Waals surface area contributed by atoms with Crippen molar-refractivity contribution in [2.45, 2.75) is 96.8 Å². The highest BCUT2D eigenvalue weighted by Gasteiger charge is 2.45. The maximum Gasteiger partial charge on any atom is 0.0630 e. The molecular weight excluding hydrogens is 1160 g/mol.